The molecule has 0 atom stereocenters. The molecule has 3 aromatic rings. The van der Waals surface area contributed by atoms with Crippen molar-refractivity contribution in [3.05, 3.63) is 86.7 Å². The maximum absolute atomic E-state index is 12.4. The van der Waals surface area contributed by atoms with Gasteiger partial charge in [0, 0.05) is 29.9 Å². The van der Waals surface area contributed by atoms with Gasteiger partial charge in [0.25, 0.3) is 5.69 Å². The number of benzene rings is 2. The normalized spacial score (nSPS) is 11.0. The third kappa shape index (κ3) is 4.98. The highest BCUT2D eigenvalue weighted by Crippen LogP contribution is 2.26. The summed E-state index contributed by atoms with van der Waals surface area (Å²) in [6.45, 7) is 3.71. The highest BCUT2D eigenvalue weighted by molar-refractivity contribution is 6.07. The minimum Gasteiger partial charge on any atom is -0.496 e. The van der Waals surface area contributed by atoms with Crippen LogP contribution in [0.5, 0.6) is 11.5 Å². The van der Waals surface area contributed by atoms with E-state index in [-0.39, 0.29) is 18.1 Å². The second-order valence-electron chi connectivity index (χ2n) is 7.03. The van der Waals surface area contributed by atoms with Gasteiger partial charge in [-0.05, 0) is 49.8 Å². The van der Waals surface area contributed by atoms with Crippen molar-refractivity contribution in [2.75, 3.05) is 7.11 Å². The quantitative estimate of drug-likeness (QED) is 0.231. The molecule has 3 rings (SSSR count). The van der Waals surface area contributed by atoms with Crippen LogP contribution >= 0.6 is 0 Å². The number of carbonyl (C=O) groups excluding carboxylic acids is 1. The Kier molecular flexibility index (Phi) is 6.49. The van der Waals surface area contributed by atoms with Crippen molar-refractivity contribution in [2.45, 2.75) is 20.5 Å². The molecule has 0 aliphatic carbocycles. The van der Waals surface area contributed by atoms with Gasteiger partial charge in [0.2, 0.25) is 0 Å². The summed E-state index contributed by atoms with van der Waals surface area (Å²) in [5.41, 5.74) is 3.53. The molecule has 1 aromatic heterocycles. The van der Waals surface area contributed by atoms with Gasteiger partial charge in [-0.1, -0.05) is 12.1 Å². The summed E-state index contributed by atoms with van der Waals surface area (Å²) in [6.07, 6.45) is 4.80. The summed E-state index contributed by atoms with van der Waals surface area (Å²) < 4.78 is 12.9. The average molecular weight is 421 g/mol. The Bertz CT molecular complexity index is 1160. The summed E-state index contributed by atoms with van der Waals surface area (Å²) in [6, 6.07) is 10.1. The third-order valence-electron chi connectivity index (χ3n) is 4.99. The Balaban J connectivity index is 1.76. The predicted molar refractivity (Wildman–Crippen MR) is 116 cm³/mol. The molecule has 0 amide bonds. The summed E-state index contributed by atoms with van der Waals surface area (Å²) in [4.78, 5) is 23.0. The molecule has 0 bridgehead atoms. The van der Waals surface area contributed by atoms with Gasteiger partial charge in [-0.15, -0.1) is 0 Å². The highest BCUT2D eigenvalue weighted by atomic mass is 16.6. The van der Waals surface area contributed by atoms with Crippen LogP contribution in [0.2, 0.25) is 0 Å². The molecule has 0 fully saturated rings. The molecule has 0 aliphatic heterocycles. The van der Waals surface area contributed by atoms with Gasteiger partial charge < -0.3 is 9.47 Å². The van der Waals surface area contributed by atoms with Gasteiger partial charge in [0.1, 0.15) is 18.1 Å². The standard InChI is InChI=1S/C23H23N3O5/c1-15-11-19(7-8-21(15)26(28)29)31-14-18-12-17(6-10-23(18)30-4)5-9-22(27)20-13-24-25(3)16(20)2/h5-13H,14H2,1-4H3/b9-5+. The SMILES string of the molecule is COc1ccc(/C=C/C(=O)c2cnn(C)c2C)cc1COc1ccc([N+](=O)[O-])c(C)c1. The number of ether oxygens (including phenoxy) is 2. The number of nitro groups is 1. The van der Waals surface area contributed by atoms with Crippen LogP contribution in [0.25, 0.3) is 6.08 Å². The first-order chi connectivity index (χ1) is 14.8. The Labute approximate surface area is 179 Å². The topological polar surface area (TPSA) is 96.5 Å². The Morgan fingerprint density at radius 3 is 2.61 bits per heavy atom. The second kappa shape index (κ2) is 9.25. The highest BCUT2D eigenvalue weighted by Gasteiger charge is 2.12. The van der Waals surface area contributed by atoms with Crippen molar-refractivity contribution in [1.82, 2.24) is 9.78 Å². The first kappa shape index (κ1) is 21.8. The Morgan fingerprint density at radius 2 is 2.00 bits per heavy atom. The number of carbonyl (C=O) groups is 1. The lowest BCUT2D eigenvalue weighted by atomic mass is 10.1. The number of nitrogens with zero attached hydrogens (tertiary/aromatic N) is 3. The van der Waals surface area contributed by atoms with Crippen LogP contribution in [0.4, 0.5) is 5.69 Å². The number of ketones is 1. The lowest BCUT2D eigenvalue weighted by molar-refractivity contribution is -0.385. The molecular formula is C23H23N3O5. The molecule has 31 heavy (non-hydrogen) atoms. The first-order valence-electron chi connectivity index (χ1n) is 9.56. The number of aryl methyl sites for hydroxylation is 2. The monoisotopic (exact) mass is 421 g/mol. The lowest BCUT2D eigenvalue weighted by Crippen LogP contribution is -2.00. The van der Waals surface area contributed by atoms with Gasteiger partial charge in [-0.3, -0.25) is 19.6 Å². The molecule has 0 radical (unpaired) electrons. The van der Waals surface area contributed by atoms with Crippen LogP contribution in [-0.4, -0.2) is 27.6 Å². The molecule has 0 saturated heterocycles. The number of hydrogen-bond donors (Lipinski definition) is 0. The third-order valence-corrected chi connectivity index (χ3v) is 4.99. The van der Waals surface area contributed by atoms with Gasteiger partial charge >= 0.3 is 0 Å². The number of nitro benzene ring substituents is 1. The lowest BCUT2D eigenvalue weighted by Gasteiger charge is -2.12. The van der Waals surface area contributed by atoms with E-state index in [2.05, 4.69) is 5.10 Å². The zero-order chi connectivity index (χ0) is 22.5. The minimum atomic E-state index is -0.424. The number of hydrogen-bond acceptors (Lipinski definition) is 6. The average Bonchev–Trinajstić information content (AvgIpc) is 3.08. The van der Waals surface area contributed by atoms with Gasteiger partial charge in [0.15, 0.2) is 5.78 Å². The van der Waals surface area contributed by atoms with E-state index in [0.29, 0.717) is 22.6 Å². The molecule has 0 unspecified atom stereocenters. The molecule has 2 aromatic carbocycles. The minimum absolute atomic E-state index is 0.0468. The molecule has 0 saturated carbocycles. The zero-order valence-electron chi connectivity index (χ0n) is 17.8. The van der Waals surface area contributed by atoms with E-state index in [1.54, 1.807) is 56.2 Å². The summed E-state index contributed by atoms with van der Waals surface area (Å²) in [7, 11) is 3.36. The van der Waals surface area contributed by atoms with E-state index in [4.69, 9.17) is 9.47 Å². The van der Waals surface area contributed by atoms with Crippen molar-refractivity contribution >= 4 is 17.5 Å². The molecule has 160 valence electrons. The van der Waals surface area contributed by atoms with Crippen LogP contribution in [0, 0.1) is 24.0 Å². The van der Waals surface area contributed by atoms with Crippen molar-refractivity contribution in [1.29, 1.82) is 0 Å². The first-order valence-corrected chi connectivity index (χ1v) is 9.56. The molecule has 0 N–H and O–H groups in total. The van der Waals surface area contributed by atoms with E-state index in [1.807, 2.05) is 19.1 Å². The van der Waals surface area contributed by atoms with Crippen molar-refractivity contribution < 1.29 is 19.2 Å². The van der Waals surface area contributed by atoms with E-state index >= 15 is 0 Å². The molecule has 1 heterocycles. The summed E-state index contributed by atoms with van der Waals surface area (Å²) >= 11 is 0. The molecule has 8 nitrogen and oxygen atoms in total. The van der Waals surface area contributed by atoms with Crippen LogP contribution in [0.1, 0.15) is 32.7 Å². The van der Waals surface area contributed by atoms with E-state index < -0.39 is 4.92 Å². The van der Waals surface area contributed by atoms with Gasteiger partial charge in [-0.2, -0.15) is 5.10 Å². The largest absolute Gasteiger partial charge is 0.496 e. The maximum Gasteiger partial charge on any atom is 0.272 e. The number of rotatable bonds is 8. The van der Waals surface area contributed by atoms with Crippen LogP contribution < -0.4 is 9.47 Å². The number of aromatic nitrogens is 2. The molecule has 0 aliphatic rings. The van der Waals surface area contributed by atoms with Gasteiger partial charge in [-0.25, -0.2) is 0 Å². The maximum atomic E-state index is 12.4. The fourth-order valence-electron chi connectivity index (χ4n) is 3.10. The Hall–Kier alpha value is -3.94. The molecular weight excluding hydrogens is 398 g/mol. The number of allylic oxidation sites excluding steroid dienone is 1. The van der Waals surface area contributed by atoms with Gasteiger partial charge in [0.05, 0.1) is 23.8 Å². The van der Waals surface area contributed by atoms with Crippen LogP contribution in [-0.2, 0) is 13.7 Å². The summed E-state index contributed by atoms with van der Waals surface area (Å²) in [5, 5.41) is 15.1. The van der Waals surface area contributed by atoms with Crippen LogP contribution in [0.3, 0.4) is 0 Å². The fourth-order valence-corrected chi connectivity index (χ4v) is 3.10. The van der Waals surface area contributed by atoms with Crippen molar-refractivity contribution in [3.63, 3.8) is 0 Å². The summed E-state index contributed by atoms with van der Waals surface area (Å²) in [5.74, 6) is 1.04. The van der Waals surface area contributed by atoms with Crippen molar-refractivity contribution in [3.8, 4) is 11.5 Å². The van der Waals surface area contributed by atoms with E-state index in [9.17, 15) is 14.9 Å². The molecule has 0 spiro atoms. The Morgan fingerprint density at radius 1 is 1.23 bits per heavy atom. The van der Waals surface area contributed by atoms with E-state index in [1.165, 1.54) is 12.1 Å². The molecule has 8 heteroatoms. The predicted octanol–water partition coefficient (Wildman–Crippen LogP) is 4.43. The van der Waals surface area contributed by atoms with E-state index in [0.717, 1.165) is 16.8 Å². The zero-order valence-corrected chi connectivity index (χ0v) is 17.8. The van der Waals surface area contributed by atoms with Crippen LogP contribution in [0.15, 0.2) is 48.7 Å². The second-order valence-corrected chi connectivity index (χ2v) is 7.03. The smallest absolute Gasteiger partial charge is 0.272 e. The van der Waals surface area contributed by atoms with Crippen molar-refractivity contribution in [2.24, 2.45) is 7.05 Å². The fraction of sp³-hybridized carbons (Fsp3) is 0.217. The number of methoxy groups -OCH3 is 1.